The van der Waals surface area contributed by atoms with Gasteiger partial charge in [0.2, 0.25) is 0 Å². The van der Waals surface area contributed by atoms with Gasteiger partial charge < -0.3 is 4.74 Å². The number of pyridine rings is 1. The van der Waals surface area contributed by atoms with Gasteiger partial charge in [0.15, 0.2) is 0 Å². The number of aromatic nitrogens is 1. The van der Waals surface area contributed by atoms with E-state index in [-0.39, 0.29) is 0 Å². The summed E-state index contributed by atoms with van der Waals surface area (Å²) in [5.41, 5.74) is 8.95. The molecule has 0 atom stereocenters. The number of hydrogen-bond donors (Lipinski definition) is 0. The Bertz CT molecular complexity index is 1120. The van der Waals surface area contributed by atoms with Crippen molar-refractivity contribution in [3.8, 4) is 39.4 Å². The second-order valence-corrected chi connectivity index (χ2v) is 6.90. The maximum absolute atomic E-state index is 6.07. The molecule has 0 bridgehead atoms. The van der Waals surface area contributed by atoms with E-state index in [0.29, 0.717) is 6.61 Å². The number of hydrogen-bond acceptors (Lipinski definition) is 2. The summed E-state index contributed by atoms with van der Waals surface area (Å²) >= 11 is 0. The summed E-state index contributed by atoms with van der Waals surface area (Å²) in [6.07, 6.45) is 0. The molecule has 2 nitrogen and oxygen atoms in total. The third-order valence-corrected chi connectivity index (χ3v) is 5.04. The van der Waals surface area contributed by atoms with Gasteiger partial charge in [-0.05, 0) is 36.2 Å². The predicted octanol–water partition coefficient (Wildman–Crippen LogP) is 6.28. The van der Waals surface area contributed by atoms with Crippen LogP contribution in [0.4, 0.5) is 0 Å². The van der Waals surface area contributed by atoms with Crippen LogP contribution in [-0.2, 0) is 6.61 Å². The largest absolute Gasteiger partial charge is 0.488 e. The van der Waals surface area contributed by atoms with Crippen LogP contribution in [0.3, 0.4) is 0 Å². The third-order valence-electron chi connectivity index (χ3n) is 5.04. The Kier molecular flexibility index (Phi) is 3.75. The Morgan fingerprint density at radius 1 is 0.741 bits per heavy atom. The van der Waals surface area contributed by atoms with E-state index in [1.54, 1.807) is 0 Å². The van der Waals surface area contributed by atoms with Gasteiger partial charge in [-0.1, -0.05) is 72.3 Å². The van der Waals surface area contributed by atoms with E-state index in [0.717, 1.165) is 33.8 Å². The first-order chi connectivity index (χ1) is 13.3. The van der Waals surface area contributed by atoms with Crippen LogP contribution in [0.2, 0.25) is 0 Å². The van der Waals surface area contributed by atoms with Crippen molar-refractivity contribution in [2.45, 2.75) is 13.5 Å². The van der Waals surface area contributed by atoms with Gasteiger partial charge >= 0.3 is 0 Å². The summed E-state index contributed by atoms with van der Waals surface area (Å²) in [6, 6.07) is 29.4. The molecule has 130 valence electrons. The molecule has 1 aliphatic heterocycles. The Hall–Kier alpha value is -3.39. The number of rotatable bonds is 2. The Labute approximate surface area is 159 Å². The van der Waals surface area contributed by atoms with Gasteiger partial charge in [-0.2, -0.15) is 0 Å². The topological polar surface area (TPSA) is 22.1 Å². The SMILES string of the molecule is Cc1ccc2c(c1)-c1nc(-c3ccccc3)cc(-c3ccccc3)c1CO2. The molecule has 3 aromatic carbocycles. The smallest absolute Gasteiger partial charge is 0.129 e. The van der Waals surface area contributed by atoms with Crippen molar-refractivity contribution in [3.05, 3.63) is 96.1 Å². The monoisotopic (exact) mass is 349 g/mol. The van der Waals surface area contributed by atoms with E-state index in [9.17, 15) is 0 Å². The van der Waals surface area contributed by atoms with Crippen molar-refractivity contribution in [3.63, 3.8) is 0 Å². The van der Waals surface area contributed by atoms with E-state index >= 15 is 0 Å². The molecular formula is C25H19NO. The predicted molar refractivity (Wildman–Crippen MR) is 110 cm³/mol. The number of ether oxygens (including phenoxy) is 1. The van der Waals surface area contributed by atoms with Crippen LogP contribution in [0, 0.1) is 6.92 Å². The quantitative estimate of drug-likeness (QED) is 0.425. The molecule has 2 heterocycles. The summed E-state index contributed by atoms with van der Waals surface area (Å²) in [7, 11) is 0. The summed E-state index contributed by atoms with van der Waals surface area (Å²) in [6.45, 7) is 2.64. The van der Waals surface area contributed by atoms with Crippen LogP contribution >= 0.6 is 0 Å². The molecule has 0 saturated heterocycles. The summed E-state index contributed by atoms with van der Waals surface area (Å²) < 4.78 is 6.07. The number of fused-ring (bicyclic) bond motifs is 3. The Morgan fingerprint density at radius 3 is 2.19 bits per heavy atom. The first-order valence-electron chi connectivity index (χ1n) is 9.18. The zero-order chi connectivity index (χ0) is 18.2. The maximum atomic E-state index is 6.07. The van der Waals surface area contributed by atoms with Gasteiger partial charge in [0.25, 0.3) is 0 Å². The van der Waals surface area contributed by atoms with Crippen LogP contribution in [0.1, 0.15) is 11.1 Å². The van der Waals surface area contributed by atoms with E-state index in [1.165, 1.54) is 16.7 Å². The molecule has 0 aliphatic carbocycles. The van der Waals surface area contributed by atoms with Crippen molar-refractivity contribution in [1.29, 1.82) is 0 Å². The minimum atomic E-state index is 0.539. The molecule has 4 aromatic rings. The zero-order valence-corrected chi connectivity index (χ0v) is 15.1. The molecule has 2 heteroatoms. The molecular weight excluding hydrogens is 330 g/mol. The van der Waals surface area contributed by atoms with Crippen LogP contribution in [0.25, 0.3) is 33.6 Å². The average molecular weight is 349 g/mol. The summed E-state index contributed by atoms with van der Waals surface area (Å²) in [4.78, 5) is 5.07. The molecule has 0 spiro atoms. The molecule has 0 N–H and O–H groups in total. The molecule has 0 amide bonds. The molecule has 0 saturated carbocycles. The lowest BCUT2D eigenvalue weighted by atomic mass is 9.92. The Balaban J connectivity index is 1.81. The average Bonchev–Trinajstić information content (AvgIpc) is 2.74. The highest BCUT2D eigenvalue weighted by Gasteiger charge is 2.23. The normalized spacial score (nSPS) is 12.0. The van der Waals surface area contributed by atoms with Crippen LogP contribution < -0.4 is 4.74 Å². The van der Waals surface area contributed by atoms with Crippen LogP contribution in [0.15, 0.2) is 84.9 Å². The lowest BCUT2D eigenvalue weighted by Crippen LogP contribution is -2.10. The van der Waals surface area contributed by atoms with Crippen molar-refractivity contribution in [2.75, 3.05) is 0 Å². The summed E-state index contributed by atoms with van der Waals surface area (Å²) in [5, 5.41) is 0. The van der Waals surface area contributed by atoms with Gasteiger partial charge in [-0.3, -0.25) is 0 Å². The fraction of sp³-hybridized carbons (Fsp3) is 0.0800. The lowest BCUT2D eigenvalue weighted by molar-refractivity contribution is 0.302. The van der Waals surface area contributed by atoms with Crippen molar-refractivity contribution >= 4 is 0 Å². The molecule has 0 unspecified atom stereocenters. The van der Waals surface area contributed by atoms with Crippen LogP contribution in [-0.4, -0.2) is 4.98 Å². The van der Waals surface area contributed by atoms with E-state index < -0.39 is 0 Å². The zero-order valence-electron chi connectivity index (χ0n) is 15.1. The van der Waals surface area contributed by atoms with E-state index in [1.807, 2.05) is 18.2 Å². The van der Waals surface area contributed by atoms with Gasteiger partial charge in [0.1, 0.15) is 12.4 Å². The number of benzene rings is 3. The van der Waals surface area contributed by atoms with Crippen molar-refractivity contribution in [2.24, 2.45) is 0 Å². The standard InChI is InChI=1S/C25H19NO/c1-17-12-13-24-21(14-17)25-22(16-27-24)20(18-8-4-2-5-9-18)15-23(26-25)19-10-6-3-7-11-19/h2-15H,16H2,1H3. The maximum Gasteiger partial charge on any atom is 0.129 e. The second kappa shape index (κ2) is 6.40. The number of nitrogens with zero attached hydrogens (tertiary/aromatic N) is 1. The first kappa shape index (κ1) is 15.8. The highest BCUT2D eigenvalue weighted by Crippen LogP contribution is 2.42. The molecule has 27 heavy (non-hydrogen) atoms. The molecule has 0 radical (unpaired) electrons. The van der Waals surface area contributed by atoms with Gasteiger partial charge in [0, 0.05) is 16.7 Å². The van der Waals surface area contributed by atoms with Gasteiger partial charge in [0.05, 0.1) is 11.4 Å². The number of aryl methyl sites for hydroxylation is 1. The van der Waals surface area contributed by atoms with Crippen LogP contribution in [0.5, 0.6) is 5.75 Å². The lowest BCUT2D eigenvalue weighted by Gasteiger charge is -2.24. The van der Waals surface area contributed by atoms with Crippen molar-refractivity contribution < 1.29 is 4.74 Å². The molecule has 5 rings (SSSR count). The first-order valence-corrected chi connectivity index (χ1v) is 9.18. The molecule has 0 fully saturated rings. The Morgan fingerprint density at radius 2 is 1.44 bits per heavy atom. The fourth-order valence-corrected chi connectivity index (χ4v) is 3.68. The third kappa shape index (κ3) is 2.80. The minimum Gasteiger partial charge on any atom is -0.488 e. The minimum absolute atomic E-state index is 0.539. The van der Waals surface area contributed by atoms with E-state index in [2.05, 4.69) is 73.7 Å². The van der Waals surface area contributed by atoms with Gasteiger partial charge in [-0.15, -0.1) is 0 Å². The second-order valence-electron chi connectivity index (χ2n) is 6.90. The highest BCUT2D eigenvalue weighted by atomic mass is 16.5. The highest BCUT2D eigenvalue weighted by molar-refractivity contribution is 5.83. The van der Waals surface area contributed by atoms with Crippen molar-refractivity contribution in [1.82, 2.24) is 4.98 Å². The molecule has 1 aromatic heterocycles. The van der Waals surface area contributed by atoms with Gasteiger partial charge in [-0.25, -0.2) is 4.98 Å². The fourth-order valence-electron chi connectivity index (χ4n) is 3.68. The molecule has 1 aliphatic rings. The van der Waals surface area contributed by atoms with E-state index in [4.69, 9.17) is 9.72 Å². The summed E-state index contributed by atoms with van der Waals surface area (Å²) in [5.74, 6) is 0.907.